The lowest BCUT2D eigenvalue weighted by molar-refractivity contribution is 0.472. The monoisotopic (exact) mass is 192 g/mol. The van der Waals surface area contributed by atoms with Crippen LogP contribution in [0.5, 0.6) is 0 Å². The molecule has 2 aromatic heterocycles. The Balaban J connectivity index is 1.65. The van der Waals surface area contributed by atoms with Gasteiger partial charge in [0.15, 0.2) is 6.39 Å². The van der Waals surface area contributed by atoms with E-state index < -0.39 is 0 Å². The van der Waals surface area contributed by atoms with Crippen molar-refractivity contribution in [1.29, 1.82) is 0 Å². The van der Waals surface area contributed by atoms with Gasteiger partial charge in [-0.25, -0.2) is 9.97 Å². The molecule has 5 heteroatoms. The van der Waals surface area contributed by atoms with Gasteiger partial charge in [-0.2, -0.15) is 0 Å². The van der Waals surface area contributed by atoms with Crippen LogP contribution in [0.2, 0.25) is 0 Å². The zero-order chi connectivity index (χ0) is 9.64. The molecule has 2 heterocycles. The minimum Gasteiger partial charge on any atom is -0.447 e. The molecule has 5 nitrogen and oxygen atoms in total. The summed E-state index contributed by atoms with van der Waals surface area (Å²) in [6.07, 6.45) is 8.67. The van der Waals surface area contributed by atoms with Gasteiger partial charge in [0, 0.05) is 25.5 Å². The molecule has 0 aliphatic carbocycles. The van der Waals surface area contributed by atoms with Crippen LogP contribution in [0, 0.1) is 0 Å². The number of nitrogens with zero attached hydrogens (tertiary/aromatic N) is 3. The molecule has 2 aromatic rings. The zero-order valence-electron chi connectivity index (χ0n) is 7.76. The minimum atomic E-state index is 0.717. The lowest BCUT2D eigenvalue weighted by Crippen LogP contribution is -2.18. The molecule has 74 valence electrons. The quantitative estimate of drug-likeness (QED) is 0.707. The van der Waals surface area contributed by atoms with Gasteiger partial charge in [-0.05, 0) is 0 Å². The predicted molar refractivity (Wildman–Crippen MR) is 50.4 cm³/mol. The fourth-order valence-corrected chi connectivity index (χ4v) is 1.17. The maximum atomic E-state index is 5.08. The highest BCUT2D eigenvalue weighted by atomic mass is 16.3. The van der Waals surface area contributed by atoms with E-state index in [2.05, 4.69) is 15.3 Å². The molecule has 0 aliphatic rings. The highest BCUT2D eigenvalue weighted by Crippen LogP contribution is 1.94. The van der Waals surface area contributed by atoms with Gasteiger partial charge >= 0.3 is 0 Å². The van der Waals surface area contributed by atoms with Gasteiger partial charge in [-0.3, -0.25) is 0 Å². The molecular formula is C9H12N4O. The van der Waals surface area contributed by atoms with E-state index in [1.54, 1.807) is 18.7 Å². The second kappa shape index (κ2) is 4.57. The van der Waals surface area contributed by atoms with E-state index in [1.807, 2.05) is 10.8 Å². The summed E-state index contributed by atoms with van der Waals surface area (Å²) in [6.45, 7) is 2.51. The summed E-state index contributed by atoms with van der Waals surface area (Å²) in [7, 11) is 0. The smallest absolute Gasteiger partial charge is 0.180 e. The number of hydrogen-bond donors (Lipinski definition) is 1. The van der Waals surface area contributed by atoms with E-state index in [1.165, 1.54) is 6.39 Å². The third kappa shape index (κ3) is 2.43. The predicted octanol–water partition coefficient (Wildman–Crippen LogP) is 0.661. The van der Waals surface area contributed by atoms with E-state index in [4.69, 9.17) is 4.42 Å². The highest BCUT2D eigenvalue weighted by Gasteiger charge is 1.95. The summed E-state index contributed by atoms with van der Waals surface area (Å²) in [5, 5.41) is 3.24. The fraction of sp³-hybridized carbons (Fsp3) is 0.333. The maximum absolute atomic E-state index is 5.08. The molecule has 0 radical (unpaired) electrons. The molecule has 0 unspecified atom stereocenters. The Morgan fingerprint density at radius 2 is 2.43 bits per heavy atom. The molecule has 2 rings (SSSR count). The van der Waals surface area contributed by atoms with Crippen LogP contribution in [0.3, 0.4) is 0 Å². The van der Waals surface area contributed by atoms with Gasteiger partial charge < -0.3 is 14.3 Å². The molecule has 0 atom stereocenters. The topological polar surface area (TPSA) is 55.9 Å². The van der Waals surface area contributed by atoms with Crippen molar-refractivity contribution in [2.24, 2.45) is 0 Å². The van der Waals surface area contributed by atoms with Crippen molar-refractivity contribution in [2.75, 3.05) is 6.54 Å². The Morgan fingerprint density at radius 1 is 1.43 bits per heavy atom. The van der Waals surface area contributed by atoms with Crippen molar-refractivity contribution in [3.05, 3.63) is 37.1 Å². The lowest BCUT2D eigenvalue weighted by atomic mass is 10.5. The third-order valence-electron chi connectivity index (χ3n) is 1.89. The van der Waals surface area contributed by atoms with Crippen molar-refractivity contribution in [1.82, 2.24) is 19.9 Å². The van der Waals surface area contributed by atoms with Crippen LogP contribution in [-0.4, -0.2) is 21.1 Å². The standard InChI is InChI=1S/C9H12N4O/c1(3-13-4-2-11-7-13)10-5-9-6-12-8-14-9/h2,4,6-8,10H,1,3,5H2. The first-order chi connectivity index (χ1) is 6.95. The summed E-state index contributed by atoms with van der Waals surface area (Å²) in [4.78, 5) is 7.79. The second-order valence-electron chi connectivity index (χ2n) is 2.95. The molecule has 0 spiro atoms. The van der Waals surface area contributed by atoms with Crippen molar-refractivity contribution < 1.29 is 4.42 Å². The molecule has 0 amide bonds. The van der Waals surface area contributed by atoms with E-state index in [9.17, 15) is 0 Å². The molecule has 14 heavy (non-hydrogen) atoms. The normalized spacial score (nSPS) is 10.6. The molecular weight excluding hydrogens is 180 g/mol. The minimum absolute atomic E-state index is 0.717. The third-order valence-corrected chi connectivity index (χ3v) is 1.89. The average molecular weight is 192 g/mol. The van der Waals surface area contributed by atoms with Crippen molar-refractivity contribution in [3.8, 4) is 0 Å². The average Bonchev–Trinajstić information content (AvgIpc) is 2.86. The summed E-state index contributed by atoms with van der Waals surface area (Å²) >= 11 is 0. The van der Waals surface area contributed by atoms with Crippen molar-refractivity contribution >= 4 is 0 Å². The van der Waals surface area contributed by atoms with Crippen LogP contribution in [0.4, 0.5) is 0 Å². The number of oxazole rings is 1. The highest BCUT2D eigenvalue weighted by molar-refractivity contribution is 4.86. The largest absolute Gasteiger partial charge is 0.447 e. The van der Waals surface area contributed by atoms with Gasteiger partial charge in [-0.1, -0.05) is 0 Å². The number of rotatable bonds is 5. The van der Waals surface area contributed by atoms with E-state index in [-0.39, 0.29) is 0 Å². The molecule has 1 N–H and O–H groups in total. The van der Waals surface area contributed by atoms with Crippen molar-refractivity contribution in [2.45, 2.75) is 13.1 Å². The molecule has 0 aliphatic heterocycles. The molecule has 0 saturated carbocycles. The number of aromatic nitrogens is 3. The van der Waals surface area contributed by atoms with E-state index in [0.29, 0.717) is 6.54 Å². The van der Waals surface area contributed by atoms with Gasteiger partial charge in [0.25, 0.3) is 0 Å². The number of hydrogen-bond acceptors (Lipinski definition) is 4. The SMILES string of the molecule is c1cn(CCNCc2cnco2)cn1. The lowest BCUT2D eigenvalue weighted by Gasteiger charge is -2.02. The van der Waals surface area contributed by atoms with Crippen LogP contribution in [0.15, 0.2) is 35.7 Å². The van der Waals surface area contributed by atoms with Gasteiger partial charge in [0.2, 0.25) is 0 Å². The molecule has 0 bridgehead atoms. The summed E-state index contributed by atoms with van der Waals surface area (Å²) in [6, 6.07) is 0. The Labute approximate surface area is 81.8 Å². The summed E-state index contributed by atoms with van der Waals surface area (Å²) in [5.74, 6) is 0.857. The second-order valence-corrected chi connectivity index (χ2v) is 2.95. The summed E-state index contributed by atoms with van der Waals surface area (Å²) in [5.41, 5.74) is 0. The van der Waals surface area contributed by atoms with Gasteiger partial charge in [-0.15, -0.1) is 0 Å². The van der Waals surface area contributed by atoms with Crippen LogP contribution < -0.4 is 5.32 Å². The number of nitrogens with one attached hydrogen (secondary N) is 1. The van der Waals surface area contributed by atoms with Gasteiger partial charge in [0.1, 0.15) is 5.76 Å². The molecule has 0 aromatic carbocycles. The Morgan fingerprint density at radius 3 is 3.14 bits per heavy atom. The first kappa shape index (κ1) is 8.96. The van der Waals surface area contributed by atoms with Gasteiger partial charge in [0.05, 0.1) is 19.1 Å². The molecule has 0 fully saturated rings. The first-order valence-corrected chi connectivity index (χ1v) is 4.49. The van der Waals surface area contributed by atoms with Crippen LogP contribution in [-0.2, 0) is 13.1 Å². The summed E-state index contributed by atoms with van der Waals surface area (Å²) < 4.78 is 7.10. The Bertz CT molecular complexity index is 305. The fourth-order valence-electron chi connectivity index (χ4n) is 1.17. The maximum Gasteiger partial charge on any atom is 0.180 e. The number of imidazole rings is 1. The van der Waals surface area contributed by atoms with Crippen LogP contribution in [0.1, 0.15) is 5.76 Å². The Kier molecular flexibility index (Phi) is 2.92. The van der Waals surface area contributed by atoms with Crippen LogP contribution in [0.25, 0.3) is 0 Å². The van der Waals surface area contributed by atoms with E-state index >= 15 is 0 Å². The van der Waals surface area contributed by atoms with E-state index in [0.717, 1.165) is 18.8 Å². The molecule has 0 saturated heterocycles. The zero-order valence-corrected chi connectivity index (χ0v) is 7.76. The van der Waals surface area contributed by atoms with Crippen LogP contribution >= 0.6 is 0 Å². The van der Waals surface area contributed by atoms with Crippen molar-refractivity contribution in [3.63, 3.8) is 0 Å². The first-order valence-electron chi connectivity index (χ1n) is 4.49. The Hall–Kier alpha value is -1.62.